The predicted octanol–water partition coefficient (Wildman–Crippen LogP) is 0.993. The molecule has 1 fully saturated rings. The van der Waals surface area contributed by atoms with Crippen molar-refractivity contribution < 1.29 is 14.7 Å². The molecular formula is C13H24N2O3. The number of aliphatic carboxylic acids is 1. The normalized spacial score (nSPS) is 16.3. The Hall–Kier alpha value is -1.10. The lowest BCUT2D eigenvalue weighted by molar-refractivity contribution is -0.137. The van der Waals surface area contributed by atoms with Crippen LogP contribution in [-0.4, -0.2) is 36.6 Å². The third-order valence-corrected chi connectivity index (χ3v) is 3.24. The first-order valence-corrected chi connectivity index (χ1v) is 6.77. The van der Waals surface area contributed by atoms with Gasteiger partial charge < -0.3 is 15.7 Å². The number of carbonyl (C=O) groups is 2. The van der Waals surface area contributed by atoms with Crippen molar-refractivity contribution in [2.75, 3.05) is 19.6 Å². The topological polar surface area (TPSA) is 78.4 Å². The van der Waals surface area contributed by atoms with Crippen LogP contribution in [0, 0.1) is 11.8 Å². The Morgan fingerprint density at radius 1 is 1.33 bits per heavy atom. The SMILES string of the molecule is CC(CCNCC(=O)NCC1CC1)CCC(=O)O. The fraction of sp³-hybridized carbons (Fsp3) is 0.846. The second kappa shape index (κ2) is 8.08. The molecule has 1 aliphatic carbocycles. The van der Waals surface area contributed by atoms with Gasteiger partial charge in [0.15, 0.2) is 0 Å². The van der Waals surface area contributed by atoms with Gasteiger partial charge in [-0.15, -0.1) is 0 Å². The van der Waals surface area contributed by atoms with Crippen molar-refractivity contribution in [1.29, 1.82) is 0 Å². The summed E-state index contributed by atoms with van der Waals surface area (Å²) in [5.41, 5.74) is 0. The van der Waals surface area contributed by atoms with E-state index in [1.165, 1.54) is 12.8 Å². The fourth-order valence-corrected chi connectivity index (χ4v) is 1.71. The van der Waals surface area contributed by atoms with Crippen LogP contribution in [0.1, 0.15) is 39.0 Å². The summed E-state index contributed by atoms with van der Waals surface area (Å²) in [5.74, 6) is 0.405. The quantitative estimate of drug-likeness (QED) is 0.509. The summed E-state index contributed by atoms with van der Waals surface area (Å²) in [4.78, 5) is 21.8. The summed E-state index contributed by atoms with van der Waals surface area (Å²) in [5, 5.41) is 14.5. The molecule has 0 aromatic rings. The molecule has 0 aromatic carbocycles. The molecule has 0 spiro atoms. The zero-order chi connectivity index (χ0) is 13.4. The Labute approximate surface area is 108 Å². The predicted molar refractivity (Wildman–Crippen MR) is 69.3 cm³/mol. The van der Waals surface area contributed by atoms with Crippen LogP contribution in [0.3, 0.4) is 0 Å². The molecule has 18 heavy (non-hydrogen) atoms. The highest BCUT2D eigenvalue weighted by molar-refractivity contribution is 5.77. The molecule has 1 amide bonds. The zero-order valence-corrected chi connectivity index (χ0v) is 11.1. The molecule has 1 aliphatic rings. The molecular weight excluding hydrogens is 232 g/mol. The van der Waals surface area contributed by atoms with Gasteiger partial charge in [-0.05, 0) is 44.1 Å². The molecule has 0 bridgehead atoms. The molecule has 1 saturated carbocycles. The Balaban J connectivity index is 1.89. The number of carboxylic acid groups (broad SMARTS) is 1. The van der Waals surface area contributed by atoms with Gasteiger partial charge in [0.1, 0.15) is 0 Å². The largest absolute Gasteiger partial charge is 0.481 e. The van der Waals surface area contributed by atoms with E-state index in [9.17, 15) is 9.59 Å². The lowest BCUT2D eigenvalue weighted by atomic mass is 10.0. The van der Waals surface area contributed by atoms with Gasteiger partial charge in [-0.1, -0.05) is 6.92 Å². The van der Waals surface area contributed by atoms with E-state index in [4.69, 9.17) is 5.11 Å². The van der Waals surface area contributed by atoms with Crippen molar-refractivity contribution in [3.63, 3.8) is 0 Å². The first kappa shape index (κ1) is 15.0. The Kier molecular flexibility index (Phi) is 6.72. The number of hydrogen-bond acceptors (Lipinski definition) is 3. The molecule has 0 radical (unpaired) electrons. The van der Waals surface area contributed by atoms with Gasteiger partial charge in [0.05, 0.1) is 6.54 Å². The van der Waals surface area contributed by atoms with Crippen molar-refractivity contribution in [2.45, 2.75) is 39.0 Å². The third kappa shape index (κ3) is 8.06. The van der Waals surface area contributed by atoms with E-state index in [0.29, 0.717) is 24.8 Å². The van der Waals surface area contributed by atoms with Crippen molar-refractivity contribution in [3.05, 3.63) is 0 Å². The van der Waals surface area contributed by atoms with E-state index in [0.717, 1.165) is 19.5 Å². The van der Waals surface area contributed by atoms with Crippen molar-refractivity contribution in [1.82, 2.24) is 10.6 Å². The lowest BCUT2D eigenvalue weighted by Gasteiger charge is -2.10. The molecule has 0 aromatic heterocycles. The molecule has 0 heterocycles. The fourth-order valence-electron chi connectivity index (χ4n) is 1.71. The van der Waals surface area contributed by atoms with Gasteiger partial charge >= 0.3 is 5.97 Å². The molecule has 1 rings (SSSR count). The van der Waals surface area contributed by atoms with Crippen LogP contribution in [0.2, 0.25) is 0 Å². The number of rotatable bonds is 10. The average molecular weight is 256 g/mol. The van der Waals surface area contributed by atoms with E-state index in [2.05, 4.69) is 10.6 Å². The second-order valence-corrected chi connectivity index (χ2v) is 5.25. The van der Waals surface area contributed by atoms with E-state index >= 15 is 0 Å². The summed E-state index contributed by atoms with van der Waals surface area (Å²) in [6.07, 6.45) is 4.32. The van der Waals surface area contributed by atoms with Crippen LogP contribution in [0.15, 0.2) is 0 Å². The first-order chi connectivity index (χ1) is 8.58. The van der Waals surface area contributed by atoms with E-state index < -0.39 is 5.97 Å². The lowest BCUT2D eigenvalue weighted by Crippen LogP contribution is -2.35. The van der Waals surface area contributed by atoms with Crippen molar-refractivity contribution in [2.24, 2.45) is 11.8 Å². The Bertz CT molecular complexity index is 277. The minimum atomic E-state index is -0.741. The van der Waals surface area contributed by atoms with Crippen LogP contribution in [0.4, 0.5) is 0 Å². The number of nitrogens with one attached hydrogen (secondary N) is 2. The summed E-state index contributed by atoms with van der Waals surface area (Å²) in [7, 11) is 0. The molecule has 1 unspecified atom stereocenters. The molecule has 5 heteroatoms. The van der Waals surface area contributed by atoms with Crippen molar-refractivity contribution in [3.8, 4) is 0 Å². The average Bonchev–Trinajstić information content (AvgIpc) is 3.13. The van der Waals surface area contributed by atoms with Crippen molar-refractivity contribution >= 4 is 11.9 Å². The second-order valence-electron chi connectivity index (χ2n) is 5.25. The summed E-state index contributed by atoms with van der Waals surface area (Å²) >= 11 is 0. The van der Waals surface area contributed by atoms with E-state index in [1.54, 1.807) is 0 Å². The first-order valence-electron chi connectivity index (χ1n) is 6.77. The molecule has 0 saturated heterocycles. The van der Waals surface area contributed by atoms with Crippen LogP contribution in [-0.2, 0) is 9.59 Å². The van der Waals surface area contributed by atoms with Crippen LogP contribution in [0.5, 0.6) is 0 Å². The monoisotopic (exact) mass is 256 g/mol. The molecule has 104 valence electrons. The highest BCUT2D eigenvalue weighted by Gasteiger charge is 2.21. The summed E-state index contributed by atoms with van der Waals surface area (Å²) in [6.45, 7) is 3.98. The maximum Gasteiger partial charge on any atom is 0.303 e. The molecule has 1 atom stereocenters. The zero-order valence-electron chi connectivity index (χ0n) is 11.1. The van der Waals surface area contributed by atoms with Crippen LogP contribution < -0.4 is 10.6 Å². The number of amides is 1. The maximum absolute atomic E-state index is 11.4. The summed E-state index contributed by atoms with van der Waals surface area (Å²) in [6, 6.07) is 0. The van der Waals surface area contributed by atoms with Crippen LogP contribution in [0.25, 0.3) is 0 Å². The van der Waals surface area contributed by atoms with Gasteiger partial charge in [0, 0.05) is 13.0 Å². The van der Waals surface area contributed by atoms with E-state index in [1.807, 2.05) is 6.92 Å². The van der Waals surface area contributed by atoms with Gasteiger partial charge in [0.25, 0.3) is 0 Å². The minimum Gasteiger partial charge on any atom is -0.481 e. The highest BCUT2D eigenvalue weighted by Crippen LogP contribution is 2.27. The third-order valence-electron chi connectivity index (χ3n) is 3.24. The smallest absolute Gasteiger partial charge is 0.303 e. The van der Waals surface area contributed by atoms with Gasteiger partial charge in [-0.3, -0.25) is 9.59 Å². The number of hydrogen-bond donors (Lipinski definition) is 3. The molecule has 3 N–H and O–H groups in total. The number of carboxylic acids is 1. The number of carbonyl (C=O) groups excluding carboxylic acids is 1. The Morgan fingerprint density at radius 2 is 2.06 bits per heavy atom. The van der Waals surface area contributed by atoms with E-state index in [-0.39, 0.29) is 12.3 Å². The van der Waals surface area contributed by atoms with Gasteiger partial charge in [-0.2, -0.15) is 0 Å². The Morgan fingerprint density at radius 3 is 2.67 bits per heavy atom. The maximum atomic E-state index is 11.4. The standard InChI is InChI=1S/C13H24N2O3/c1-10(2-5-13(17)18)6-7-14-9-12(16)15-8-11-3-4-11/h10-11,14H,2-9H2,1H3,(H,15,16)(H,17,18). The molecule has 0 aliphatic heterocycles. The van der Waals surface area contributed by atoms with Gasteiger partial charge in [0.2, 0.25) is 5.91 Å². The summed E-state index contributed by atoms with van der Waals surface area (Å²) < 4.78 is 0. The molecule has 5 nitrogen and oxygen atoms in total. The van der Waals surface area contributed by atoms with Gasteiger partial charge in [-0.25, -0.2) is 0 Å². The van der Waals surface area contributed by atoms with Crippen LogP contribution >= 0.6 is 0 Å². The highest BCUT2D eigenvalue weighted by atomic mass is 16.4. The minimum absolute atomic E-state index is 0.0556.